The molecule has 0 heterocycles. The van der Waals surface area contributed by atoms with Gasteiger partial charge in [0, 0.05) is 12.1 Å². The molecule has 0 spiro atoms. The third-order valence-corrected chi connectivity index (χ3v) is 3.31. The van der Waals surface area contributed by atoms with Crippen molar-refractivity contribution in [2.24, 2.45) is 5.73 Å². The molecule has 2 N–H and O–H groups in total. The van der Waals surface area contributed by atoms with Crippen LogP contribution in [0.1, 0.15) is 46.0 Å². The van der Waals surface area contributed by atoms with Gasteiger partial charge < -0.3 is 5.73 Å². The number of nitrogens with two attached hydrogens (primary N) is 1. The fourth-order valence-electron chi connectivity index (χ4n) is 2.46. The summed E-state index contributed by atoms with van der Waals surface area (Å²) in [5.41, 5.74) is 6.19. The maximum absolute atomic E-state index is 6.19. The van der Waals surface area contributed by atoms with E-state index in [4.69, 9.17) is 5.73 Å². The van der Waals surface area contributed by atoms with Crippen LogP contribution in [-0.2, 0) is 0 Å². The first-order valence-corrected chi connectivity index (χ1v) is 5.79. The summed E-state index contributed by atoms with van der Waals surface area (Å²) < 4.78 is 0. The number of hydrogen-bond donors (Lipinski definition) is 1. The normalized spacial score (nSPS) is 30.5. The zero-order chi connectivity index (χ0) is 9.68. The molecular formula is C11H24N2. The van der Waals surface area contributed by atoms with Crippen LogP contribution in [0, 0.1) is 0 Å². The third-order valence-electron chi connectivity index (χ3n) is 3.31. The first-order valence-electron chi connectivity index (χ1n) is 5.79. The molecule has 1 aliphatic carbocycles. The molecule has 1 fully saturated rings. The van der Waals surface area contributed by atoms with Gasteiger partial charge in [0.1, 0.15) is 0 Å². The van der Waals surface area contributed by atoms with Crippen molar-refractivity contribution in [3.63, 3.8) is 0 Å². The van der Waals surface area contributed by atoms with Gasteiger partial charge in [-0.1, -0.05) is 33.1 Å². The summed E-state index contributed by atoms with van der Waals surface area (Å²) >= 11 is 0. The maximum Gasteiger partial charge on any atom is 0.0246 e. The van der Waals surface area contributed by atoms with Gasteiger partial charge in [-0.2, -0.15) is 0 Å². The van der Waals surface area contributed by atoms with Crippen LogP contribution in [0.2, 0.25) is 0 Å². The van der Waals surface area contributed by atoms with Gasteiger partial charge in [0.05, 0.1) is 0 Å². The Bertz CT molecular complexity index is 132. The lowest BCUT2D eigenvalue weighted by atomic mass is 10.0. The van der Waals surface area contributed by atoms with E-state index in [9.17, 15) is 0 Å². The van der Waals surface area contributed by atoms with E-state index in [1.807, 2.05) is 0 Å². The predicted molar refractivity (Wildman–Crippen MR) is 57.8 cm³/mol. The minimum Gasteiger partial charge on any atom is -0.326 e. The Morgan fingerprint density at radius 2 is 1.69 bits per heavy atom. The smallest absolute Gasteiger partial charge is 0.0246 e. The Hall–Kier alpha value is -0.0800. The molecule has 2 unspecified atom stereocenters. The fraction of sp³-hybridized carbons (Fsp3) is 1.00. The highest BCUT2D eigenvalue weighted by Crippen LogP contribution is 2.20. The van der Waals surface area contributed by atoms with Crippen molar-refractivity contribution in [3.05, 3.63) is 0 Å². The average Bonchev–Trinajstić information content (AvgIpc) is 2.34. The highest BCUT2D eigenvalue weighted by Gasteiger charge is 2.24. The number of rotatable bonds is 3. The summed E-state index contributed by atoms with van der Waals surface area (Å²) in [4.78, 5) is 2.52. The lowest BCUT2D eigenvalue weighted by Gasteiger charge is -2.32. The minimum atomic E-state index is 0.419. The Morgan fingerprint density at radius 3 is 2.31 bits per heavy atom. The quantitative estimate of drug-likeness (QED) is 0.680. The second kappa shape index (κ2) is 5.61. The molecule has 0 amide bonds. The van der Waals surface area contributed by atoms with Crippen LogP contribution in [-0.4, -0.2) is 30.1 Å². The van der Waals surface area contributed by atoms with Crippen LogP contribution in [0.25, 0.3) is 0 Å². The molecule has 0 aromatic rings. The number of hydrogen-bond acceptors (Lipinski definition) is 2. The van der Waals surface area contributed by atoms with Gasteiger partial charge in [-0.25, -0.2) is 0 Å². The molecule has 1 aliphatic rings. The van der Waals surface area contributed by atoms with Crippen molar-refractivity contribution in [1.82, 2.24) is 4.90 Å². The fourth-order valence-corrected chi connectivity index (χ4v) is 2.46. The molecule has 13 heavy (non-hydrogen) atoms. The third kappa shape index (κ3) is 2.96. The van der Waals surface area contributed by atoms with Crippen molar-refractivity contribution in [2.45, 2.75) is 58.0 Å². The Balaban J connectivity index is 2.51. The number of nitrogens with zero attached hydrogens (tertiary/aromatic N) is 1. The average molecular weight is 184 g/mol. The van der Waals surface area contributed by atoms with Crippen LogP contribution in [0.15, 0.2) is 0 Å². The molecule has 1 saturated carbocycles. The molecule has 0 aliphatic heterocycles. The first kappa shape index (κ1) is 11.0. The molecule has 0 aromatic heterocycles. The standard InChI is InChI=1S/C11H24N2/c1-3-13(4-2)11-9-7-5-6-8-10(11)12/h10-11H,3-9,12H2,1-2H3. The summed E-state index contributed by atoms with van der Waals surface area (Å²) in [5, 5.41) is 0. The van der Waals surface area contributed by atoms with Gasteiger partial charge in [0.25, 0.3) is 0 Å². The Morgan fingerprint density at radius 1 is 1.08 bits per heavy atom. The minimum absolute atomic E-state index is 0.419. The van der Waals surface area contributed by atoms with Crippen molar-refractivity contribution < 1.29 is 0 Å². The SMILES string of the molecule is CCN(CC)C1CCCCCC1N. The molecule has 78 valence electrons. The van der Waals surface area contributed by atoms with Crippen molar-refractivity contribution >= 4 is 0 Å². The van der Waals surface area contributed by atoms with Gasteiger partial charge in [-0.15, -0.1) is 0 Å². The van der Waals surface area contributed by atoms with Crippen LogP contribution in [0.4, 0.5) is 0 Å². The van der Waals surface area contributed by atoms with E-state index in [1.54, 1.807) is 0 Å². The first-order chi connectivity index (χ1) is 6.29. The summed E-state index contributed by atoms with van der Waals surface area (Å²) in [7, 11) is 0. The van der Waals surface area contributed by atoms with Crippen molar-refractivity contribution in [3.8, 4) is 0 Å². The molecule has 0 aromatic carbocycles. The highest BCUT2D eigenvalue weighted by molar-refractivity contribution is 4.83. The second-order valence-electron chi connectivity index (χ2n) is 4.09. The van der Waals surface area contributed by atoms with Gasteiger partial charge in [-0.3, -0.25) is 4.90 Å². The molecule has 2 atom stereocenters. The summed E-state index contributed by atoms with van der Waals surface area (Å²) in [6, 6.07) is 1.07. The monoisotopic (exact) mass is 184 g/mol. The van der Waals surface area contributed by atoms with Crippen LogP contribution in [0.5, 0.6) is 0 Å². The van der Waals surface area contributed by atoms with E-state index in [-0.39, 0.29) is 0 Å². The van der Waals surface area contributed by atoms with E-state index in [0.717, 1.165) is 13.1 Å². The number of likely N-dealkylation sites (N-methyl/N-ethyl adjacent to an activating group) is 1. The molecule has 2 nitrogen and oxygen atoms in total. The van der Waals surface area contributed by atoms with E-state index in [2.05, 4.69) is 18.7 Å². The molecule has 0 radical (unpaired) electrons. The van der Waals surface area contributed by atoms with E-state index in [0.29, 0.717) is 12.1 Å². The summed E-state index contributed by atoms with van der Waals surface area (Å²) in [6.07, 6.45) is 6.61. The zero-order valence-electron chi connectivity index (χ0n) is 9.13. The summed E-state index contributed by atoms with van der Waals surface area (Å²) in [6.45, 7) is 6.77. The predicted octanol–water partition coefficient (Wildman–Crippen LogP) is 1.99. The molecule has 1 rings (SSSR count). The van der Waals surface area contributed by atoms with Crippen LogP contribution in [0.3, 0.4) is 0 Å². The molecular weight excluding hydrogens is 160 g/mol. The van der Waals surface area contributed by atoms with Crippen LogP contribution >= 0.6 is 0 Å². The lowest BCUT2D eigenvalue weighted by Crippen LogP contribution is -2.47. The van der Waals surface area contributed by atoms with Gasteiger partial charge in [-0.05, 0) is 25.9 Å². The zero-order valence-corrected chi connectivity index (χ0v) is 9.13. The molecule has 2 heteroatoms. The molecule has 0 bridgehead atoms. The topological polar surface area (TPSA) is 29.3 Å². The van der Waals surface area contributed by atoms with E-state index in [1.165, 1.54) is 32.1 Å². The van der Waals surface area contributed by atoms with Gasteiger partial charge >= 0.3 is 0 Å². The molecule has 0 saturated heterocycles. The van der Waals surface area contributed by atoms with Gasteiger partial charge in [0.15, 0.2) is 0 Å². The van der Waals surface area contributed by atoms with E-state index >= 15 is 0 Å². The van der Waals surface area contributed by atoms with Crippen molar-refractivity contribution in [1.29, 1.82) is 0 Å². The Labute approximate surface area is 82.5 Å². The van der Waals surface area contributed by atoms with Gasteiger partial charge in [0.2, 0.25) is 0 Å². The van der Waals surface area contributed by atoms with E-state index < -0.39 is 0 Å². The van der Waals surface area contributed by atoms with Crippen LogP contribution < -0.4 is 5.73 Å². The largest absolute Gasteiger partial charge is 0.326 e. The maximum atomic E-state index is 6.19. The Kier molecular flexibility index (Phi) is 4.74. The lowest BCUT2D eigenvalue weighted by molar-refractivity contribution is 0.179. The summed E-state index contributed by atoms with van der Waals surface area (Å²) in [5.74, 6) is 0. The van der Waals surface area contributed by atoms with Crippen molar-refractivity contribution in [2.75, 3.05) is 13.1 Å². The second-order valence-corrected chi connectivity index (χ2v) is 4.09. The highest BCUT2D eigenvalue weighted by atomic mass is 15.2.